The molecule has 0 radical (unpaired) electrons. The first-order valence-corrected chi connectivity index (χ1v) is 8.95. The fourth-order valence-electron chi connectivity index (χ4n) is 3.05. The third-order valence-corrected chi connectivity index (χ3v) is 6.52. The standard InChI is InChI=1S/C16H24ClNOS/c1-4-11-18-15-14(9-10-16(15,2)3)20(19)13-8-6-5-7-12(13)17/h5-8,14-15,18H,4,9-11H2,1-3H3. The summed E-state index contributed by atoms with van der Waals surface area (Å²) in [7, 11) is -1.04. The molecule has 0 amide bonds. The summed E-state index contributed by atoms with van der Waals surface area (Å²) in [6.45, 7) is 7.67. The molecular weight excluding hydrogens is 290 g/mol. The van der Waals surface area contributed by atoms with E-state index in [0.717, 1.165) is 30.7 Å². The number of nitrogens with one attached hydrogen (secondary N) is 1. The first-order valence-electron chi connectivity index (χ1n) is 7.36. The van der Waals surface area contributed by atoms with Gasteiger partial charge in [-0.25, -0.2) is 0 Å². The van der Waals surface area contributed by atoms with Crippen LogP contribution in [0.25, 0.3) is 0 Å². The number of halogens is 1. The van der Waals surface area contributed by atoms with Crippen molar-refractivity contribution < 1.29 is 4.21 Å². The van der Waals surface area contributed by atoms with E-state index < -0.39 is 10.8 Å². The maximum absolute atomic E-state index is 12.9. The van der Waals surface area contributed by atoms with E-state index in [9.17, 15) is 4.21 Å². The van der Waals surface area contributed by atoms with Crippen LogP contribution < -0.4 is 5.32 Å². The third kappa shape index (κ3) is 3.26. The average molecular weight is 314 g/mol. The molecule has 0 spiro atoms. The summed E-state index contributed by atoms with van der Waals surface area (Å²) in [6.07, 6.45) is 3.19. The second-order valence-electron chi connectivity index (χ2n) is 6.23. The van der Waals surface area contributed by atoms with Gasteiger partial charge in [-0.1, -0.05) is 44.5 Å². The monoisotopic (exact) mass is 313 g/mol. The van der Waals surface area contributed by atoms with Gasteiger partial charge in [0.25, 0.3) is 0 Å². The Labute approximate surface area is 129 Å². The van der Waals surface area contributed by atoms with E-state index in [1.807, 2.05) is 24.3 Å². The molecule has 4 heteroatoms. The SMILES string of the molecule is CCCNC1C(S(=O)c2ccccc2Cl)CCC1(C)C. The van der Waals surface area contributed by atoms with E-state index in [1.54, 1.807) is 0 Å². The molecule has 1 aliphatic carbocycles. The molecule has 1 aromatic rings. The van der Waals surface area contributed by atoms with E-state index in [1.165, 1.54) is 0 Å². The van der Waals surface area contributed by atoms with Gasteiger partial charge in [0.05, 0.1) is 26.0 Å². The number of rotatable bonds is 5. The van der Waals surface area contributed by atoms with Crippen molar-refractivity contribution in [2.45, 2.75) is 56.2 Å². The maximum atomic E-state index is 12.9. The topological polar surface area (TPSA) is 29.1 Å². The lowest BCUT2D eigenvalue weighted by molar-refractivity contribution is 0.286. The van der Waals surface area contributed by atoms with Crippen molar-refractivity contribution in [2.75, 3.05) is 6.54 Å². The molecular formula is C16H24ClNOS. The first kappa shape index (κ1) is 16.0. The Kier molecular flexibility index (Phi) is 5.27. The zero-order chi connectivity index (χ0) is 14.8. The van der Waals surface area contributed by atoms with E-state index >= 15 is 0 Å². The van der Waals surface area contributed by atoms with Crippen LogP contribution in [0.3, 0.4) is 0 Å². The summed E-state index contributed by atoms with van der Waals surface area (Å²) in [5, 5.41) is 4.37. The van der Waals surface area contributed by atoms with Crippen molar-refractivity contribution in [2.24, 2.45) is 5.41 Å². The molecule has 1 saturated carbocycles. The van der Waals surface area contributed by atoms with Gasteiger partial charge in [-0.05, 0) is 43.4 Å². The van der Waals surface area contributed by atoms with Crippen LogP contribution in [0, 0.1) is 5.41 Å². The molecule has 1 aliphatic rings. The van der Waals surface area contributed by atoms with Gasteiger partial charge in [-0.15, -0.1) is 0 Å². The highest BCUT2D eigenvalue weighted by molar-refractivity contribution is 7.86. The second-order valence-corrected chi connectivity index (χ2v) is 8.27. The largest absolute Gasteiger partial charge is 0.312 e. The van der Waals surface area contributed by atoms with Crippen molar-refractivity contribution in [3.05, 3.63) is 29.3 Å². The Balaban J connectivity index is 2.22. The first-order chi connectivity index (χ1) is 9.47. The van der Waals surface area contributed by atoms with Gasteiger partial charge in [-0.3, -0.25) is 4.21 Å². The zero-order valence-corrected chi connectivity index (χ0v) is 14.1. The maximum Gasteiger partial charge on any atom is 0.0592 e. The van der Waals surface area contributed by atoms with Crippen LogP contribution in [0.5, 0.6) is 0 Å². The molecule has 0 aliphatic heterocycles. The quantitative estimate of drug-likeness (QED) is 0.890. The third-order valence-electron chi connectivity index (χ3n) is 4.23. The van der Waals surface area contributed by atoms with Crippen LogP contribution in [0.2, 0.25) is 5.02 Å². The molecule has 20 heavy (non-hydrogen) atoms. The van der Waals surface area contributed by atoms with Gasteiger partial charge in [0.15, 0.2) is 0 Å². The van der Waals surface area contributed by atoms with Crippen LogP contribution in [0.1, 0.15) is 40.0 Å². The Morgan fingerprint density at radius 1 is 1.40 bits per heavy atom. The van der Waals surface area contributed by atoms with Crippen molar-refractivity contribution in [1.82, 2.24) is 5.32 Å². The molecule has 2 nitrogen and oxygen atoms in total. The van der Waals surface area contributed by atoms with Gasteiger partial charge in [0.1, 0.15) is 0 Å². The Bertz CT molecular complexity index is 489. The van der Waals surface area contributed by atoms with Crippen molar-refractivity contribution in [3.8, 4) is 0 Å². The van der Waals surface area contributed by atoms with Crippen LogP contribution in [0.15, 0.2) is 29.2 Å². The Morgan fingerprint density at radius 3 is 2.75 bits per heavy atom. The van der Waals surface area contributed by atoms with Crippen molar-refractivity contribution >= 4 is 22.4 Å². The molecule has 3 unspecified atom stereocenters. The van der Waals surface area contributed by atoms with Gasteiger partial charge in [-0.2, -0.15) is 0 Å². The molecule has 1 aromatic carbocycles. The molecule has 1 N–H and O–H groups in total. The summed E-state index contributed by atoms with van der Waals surface area (Å²) >= 11 is 6.21. The minimum absolute atomic E-state index is 0.149. The highest BCUT2D eigenvalue weighted by atomic mass is 35.5. The van der Waals surface area contributed by atoms with Crippen LogP contribution >= 0.6 is 11.6 Å². The molecule has 112 valence electrons. The second kappa shape index (κ2) is 6.59. The normalized spacial score (nSPS) is 26.6. The van der Waals surface area contributed by atoms with Crippen LogP contribution in [-0.4, -0.2) is 22.0 Å². The lowest BCUT2D eigenvalue weighted by Gasteiger charge is -2.31. The van der Waals surface area contributed by atoms with E-state index in [4.69, 9.17) is 11.6 Å². The Morgan fingerprint density at radius 2 is 2.10 bits per heavy atom. The number of hydrogen-bond donors (Lipinski definition) is 1. The van der Waals surface area contributed by atoms with Crippen molar-refractivity contribution in [1.29, 1.82) is 0 Å². The Hall–Kier alpha value is -0.380. The molecule has 2 rings (SSSR count). The summed E-state index contributed by atoms with van der Waals surface area (Å²) in [5.74, 6) is 0. The lowest BCUT2D eigenvalue weighted by atomic mass is 9.87. The molecule has 0 aromatic heterocycles. The smallest absolute Gasteiger partial charge is 0.0592 e. The van der Waals surface area contributed by atoms with Crippen molar-refractivity contribution in [3.63, 3.8) is 0 Å². The predicted octanol–water partition coefficient (Wildman–Crippen LogP) is 4.00. The van der Waals surface area contributed by atoms with E-state index in [-0.39, 0.29) is 10.7 Å². The zero-order valence-electron chi connectivity index (χ0n) is 12.5. The fourth-order valence-corrected chi connectivity index (χ4v) is 5.26. The molecule has 0 heterocycles. The van der Waals surface area contributed by atoms with Gasteiger partial charge in [0.2, 0.25) is 0 Å². The summed E-state index contributed by atoms with van der Waals surface area (Å²) in [5.41, 5.74) is 0.191. The highest BCUT2D eigenvalue weighted by Crippen LogP contribution is 2.41. The average Bonchev–Trinajstić information content (AvgIpc) is 2.71. The minimum atomic E-state index is -1.04. The van der Waals surface area contributed by atoms with E-state index in [2.05, 4.69) is 26.1 Å². The highest BCUT2D eigenvalue weighted by Gasteiger charge is 2.44. The van der Waals surface area contributed by atoms with Gasteiger partial charge < -0.3 is 5.32 Å². The molecule has 0 saturated heterocycles. The number of hydrogen-bond acceptors (Lipinski definition) is 2. The molecule has 1 fully saturated rings. The van der Waals surface area contributed by atoms with Gasteiger partial charge in [0, 0.05) is 6.04 Å². The predicted molar refractivity (Wildman–Crippen MR) is 86.7 cm³/mol. The van der Waals surface area contributed by atoms with Gasteiger partial charge >= 0.3 is 0 Å². The minimum Gasteiger partial charge on any atom is -0.312 e. The summed E-state index contributed by atoms with van der Waals surface area (Å²) in [6, 6.07) is 7.80. The van der Waals surface area contributed by atoms with E-state index in [0.29, 0.717) is 11.1 Å². The fraction of sp³-hybridized carbons (Fsp3) is 0.625. The lowest BCUT2D eigenvalue weighted by Crippen LogP contribution is -2.46. The van der Waals surface area contributed by atoms with Crippen LogP contribution in [-0.2, 0) is 10.8 Å². The molecule has 3 atom stereocenters. The van der Waals surface area contributed by atoms with Crippen LogP contribution in [0.4, 0.5) is 0 Å². The summed E-state index contributed by atoms with van der Waals surface area (Å²) in [4.78, 5) is 0.778. The number of benzene rings is 1. The molecule has 0 bridgehead atoms. The summed E-state index contributed by atoms with van der Waals surface area (Å²) < 4.78 is 12.9.